The van der Waals surface area contributed by atoms with E-state index in [4.69, 9.17) is 0 Å². The van der Waals surface area contributed by atoms with Crippen LogP contribution in [0.5, 0.6) is 0 Å². The lowest BCUT2D eigenvalue weighted by Crippen LogP contribution is -2.73. The lowest BCUT2D eigenvalue weighted by molar-refractivity contribution is 0.851. The Balaban J connectivity index is 2.40. The molecule has 0 radical (unpaired) electrons. The van der Waals surface area contributed by atoms with Gasteiger partial charge in [-0.15, -0.1) is 0 Å². The third-order valence-corrected chi connectivity index (χ3v) is 16.5. The molecule has 1 aliphatic carbocycles. The molecule has 0 amide bonds. The van der Waals surface area contributed by atoms with Crippen molar-refractivity contribution in [2.45, 2.75) is 69.2 Å². The number of hydrogen-bond donors (Lipinski definition) is 0. The van der Waals surface area contributed by atoms with E-state index in [-0.39, 0.29) is 0 Å². The Morgan fingerprint density at radius 3 is 0.884 bits per heavy atom. The van der Waals surface area contributed by atoms with Crippen LogP contribution in [0.4, 0.5) is 17.1 Å². The maximum Gasteiger partial charge on any atom is 0.178 e. The molecule has 0 spiro atoms. The summed E-state index contributed by atoms with van der Waals surface area (Å²) in [7, 11) is 10.1. The zero-order valence-electron chi connectivity index (χ0n) is 29.9. The molecule has 230 valence electrons. The van der Waals surface area contributed by atoms with E-state index >= 15 is 0 Å². The molecule has 3 nitrogen and oxygen atoms in total. The summed E-state index contributed by atoms with van der Waals surface area (Å²) in [5, 5.41) is 6.36. The Morgan fingerprint density at radius 1 is 0.442 bits per heavy atom. The van der Waals surface area contributed by atoms with Crippen molar-refractivity contribution >= 4 is 40.7 Å². The van der Waals surface area contributed by atoms with Crippen molar-refractivity contribution in [3.8, 4) is 0 Å². The third-order valence-electron chi connectivity index (χ3n) is 10.3. The zero-order valence-corrected chi connectivity index (χ0v) is 30.9. The fourth-order valence-corrected chi connectivity index (χ4v) is 15.3. The topological polar surface area (TPSA) is 9.72 Å². The summed E-state index contributed by atoms with van der Waals surface area (Å²) in [5.41, 5.74) is 16.7. The molecule has 0 N–H and O–H groups in total. The van der Waals surface area contributed by atoms with Gasteiger partial charge in [-0.05, 0) is 159 Å². The van der Waals surface area contributed by atoms with E-state index in [1.54, 1.807) is 20.8 Å². The number of rotatable bonds is 7. The molecule has 4 rings (SSSR count). The third kappa shape index (κ3) is 5.16. The number of aryl methyl sites for hydroxylation is 6. The van der Waals surface area contributed by atoms with Crippen LogP contribution in [-0.4, -0.2) is 50.4 Å². The average Bonchev–Trinajstić information content (AvgIpc) is 3.09. The van der Waals surface area contributed by atoms with Crippen LogP contribution < -0.4 is 30.3 Å². The minimum atomic E-state index is -2.86. The molecule has 1 aliphatic rings. The summed E-state index contributed by atoms with van der Waals surface area (Å²) in [6.45, 7) is 23.8. The highest BCUT2D eigenvalue weighted by molar-refractivity contribution is 7.17. The molecular formula is C39H55N3Si. The molecule has 0 saturated carbocycles. The summed E-state index contributed by atoms with van der Waals surface area (Å²) >= 11 is 0. The number of benzene rings is 3. The highest BCUT2D eigenvalue weighted by atomic mass is 28.3. The van der Waals surface area contributed by atoms with E-state index in [1.807, 2.05) is 0 Å². The second kappa shape index (κ2) is 11.7. The molecule has 4 heteroatoms. The van der Waals surface area contributed by atoms with Gasteiger partial charge in [-0.2, -0.15) is 0 Å². The SMILES string of the molecule is CC1=C(C)C(C)C([Si](c2c(C)cc(N(C)C)cc2C)(c2c(C)cc(N(C)C)cc2C)c2c(C)cc(N(C)C)cc2C)=C1C. The van der Waals surface area contributed by atoms with Crippen molar-refractivity contribution in [1.29, 1.82) is 0 Å². The van der Waals surface area contributed by atoms with Crippen LogP contribution in [0.1, 0.15) is 61.1 Å². The molecule has 0 heterocycles. The minimum Gasteiger partial charge on any atom is -0.378 e. The van der Waals surface area contributed by atoms with E-state index in [2.05, 4.69) is 163 Å². The van der Waals surface area contributed by atoms with Crippen LogP contribution in [0.25, 0.3) is 0 Å². The number of nitrogens with zero attached hydrogens (tertiary/aromatic N) is 3. The molecule has 43 heavy (non-hydrogen) atoms. The second-order valence-electron chi connectivity index (χ2n) is 13.9. The summed E-state index contributed by atoms with van der Waals surface area (Å²) in [6, 6.07) is 14.6. The van der Waals surface area contributed by atoms with Crippen LogP contribution >= 0.6 is 0 Å². The smallest absolute Gasteiger partial charge is 0.178 e. The van der Waals surface area contributed by atoms with E-state index in [1.165, 1.54) is 67.2 Å². The standard InChI is InChI=1S/C39H55N3Si/c1-23-17-33(40(11)12)18-24(2)36(23)43(39-31(9)29(7)30(8)32(39)10,37-25(3)19-34(41(13)14)20-26(37)4)38-27(5)21-35(42(15)16)22-28(38)6/h17-22,31H,1-16H3. The molecule has 3 aromatic carbocycles. The van der Waals surface area contributed by atoms with Crippen LogP contribution in [0.15, 0.2) is 58.3 Å². The fourth-order valence-electron chi connectivity index (χ4n) is 8.12. The quantitative estimate of drug-likeness (QED) is 0.215. The van der Waals surface area contributed by atoms with E-state index < -0.39 is 8.07 Å². The van der Waals surface area contributed by atoms with Gasteiger partial charge < -0.3 is 14.7 Å². The largest absolute Gasteiger partial charge is 0.378 e. The van der Waals surface area contributed by atoms with Crippen molar-refractivity contribution in [3.63, 3.8) is 0 Å². The Kier molecular flexibility index (Phi) is 8.88. The predicted molar refractivity (Wildman–Crippen MR) is 196 cm³/mol. The van der Waals surface area contributed by atoms with Gasteiger partial charge in [0.1, 0.15) is 0 Å². The first-order chi connectivity index (χ1) is 20.0. The van der Waals surface area contributed by atoms with Crippen molar-refractivity contribution in [2.75, 3.05) is 57.0 Å². The summed E-state index contributed by atoms with van der Waals surface area (Å²) < 4.78 is 0. The number of anilines is 3. The monoisotopic (exact) mass is 593 g/mol. The van der Waals surface area contributed by atoms with Gasteiger partial charge in [-0.3, -0.25) is 0 Å². The first-order valence-electron chi connectivity index (χ1n) is 15.7. The van der Waals surface area contributed by atoms with Crippen LogP contribution in [-0.2, 0) is 0 Å². The lowest BCUT2D eigenvalue weighted by atomic mass is 10.1. The average molecular weight is 594 g/mol. The molecule has 1 atom stereocenters. The van der Waals surface area contributed by atoms with Gasteiger partial charge in [0.05, 0.1) is 0 Å². The first kappa shape index (κ1) is 32.7. The van der Waals surface area contributed by atoms with Gasteiger partial charge in [-0.1, -0.05) is 23.3 Å². The Labute approximate surface area is 263 Å². The van der Waals surface area contributed by atoms with Crippen molar-refractivity contribution in [2.24, 2.45) is 5.92 Å². The predicted octanol–water partition coefficient (Wildman–Crippen LogP) is 7.05. The normalized spacial score (nSPS) is 15.5. The molecule has 1 unspecified atom stereocenters. The Morgan fingerprint density at radius 2 is 0.698 bits per heavy atom. The van der Waals surface area contributed by atoms with E-state index in [9.17, 15) is 0 Å². The second-order valence-corrected chi connectivity index (χ2v) is 17.4. The molecule has 0 saturated heterocycles. The van der Waals surface area contributed by atoms with Gasteiger partial charge in [0.15, 0.2) is 8.07 Å². The van der Waals surface area contributed by atoms with Gasteiger partial charge in [0, 0.05) is 59.3 Å². The number of allylic oxidation sites excluding steroid dienone is 4. The van der Waals surface area contributed by atoms with Crippen molar-refractivity contribution in [3.05, 3.63) is 91.7 Å². The van der Waals surface area contributed by atoms with Crippen LogP contribution in [0, 0.1) is 47.5 Å². The fraction of sp³-hybridized carbons (Fsp3) is 0.436. The van der Waals surface area contributed by atoms with Gasteiger partial charge in [-0.25, -0.2) is 0 Å². The zero-order chi connectivity index (χ0) is 32.3. The molecule has 0 bridgehead atoms. The Bertz CT molecular complexity index is 1430. The summed E-state index contributed by atoms with van der Waals surface area (Å²) in [4.78, 5) is 6.74. The van der Waals surface area contributed by atoms with Gasteiger partial charge in [0.25, 0.3) is 0 Å². The molecular weight excluding hydrogens is 539 g/mol. The number of hydrogen-bond acceptors (Lipinski definition) is 3. The molecule has 0 aromatic heterocycles. The molecule has 0 aliphatic heterocycles. The Hall–Kier alpha value is -3.24. The van der Waals surface area contributed by atoms with Crippen LogP contribution in [0.3, 0.4) is 0 Å². The van der Waals surface area contributed by atoms with E-state index in [0.29, 0.717) is 5.92 Å². The first-order valence-corrected chi connectivity index (χ1v) is 17.7. The van der Waals surface area contributed by atoms with Gasteiger partial charge in [0.2, 0.25) is 0 Å². The van der Waals surface area contributed by atoms with Crippen molar-refractivity contribution in [1.82, 2.24) is 0 Å². The highest BCUT2D eigenvalue weighted by Crippen LogP contribution is 2.43. The highest BCUT2D eigenvalue weighted by Gasteiger charge is 2.52. The minimum absolute atomic E-state index is 0.374. The maximum absolute atomic E-state index is 2.86. The van der Waals surface area contributed by atoms with Gasteiger partial charge >= 0.3 is 0 Å². The van der Waals surface area contributed by atoms with E-state index in [0.717, 1.165) is 0 Å². The molecule has 3 aromatic rings. The summed E-state index contributed by atoms with van der Waals surface area (Å²) in [5.74, 6) is 0.374. The maximum atomic E-state index is 2.48. The lowest BCUT2D eigenvalue weighted by Gasteiger charge is -2.44. The van der Waals surface area contributed by atoms with Crippen molar-refractivity contribution < 1.29 is 0 Å². The summed E-state index contributed by atoms with van der Waals surface area (Å²) in [6.07, 6.45) is 0. The van der Waals surface area contributed by atoms with Crippen LogP contribution in [0.2, 0.25) is 0 Å². The molecule has 0 fully saturated rings.